The molecule has 7 heteroatoms. The van der Waals surface area contributed by atoms with Crippen LogP contribution in [0.4, 0.5) is 0 Å². The van der Waals surface area contributed by atoms with Crippen molar-refractivity contribution in [2.45, 2.75) is 18.9 Å². The summed E-state index contributed by atoms with van der Waals surface area (Å²) in [4.78, 5) is 27.5. The van der Waals surface area contributed by atoms with Gasteiger partial charge in [-0.2, -0.15) is 11.8 Å². The Morgan fingerprint density at radius 2 is 2.32 bits per heavy atom. The average Bonchev–Trinajstić information content (AvgIpc) is 2.78. The number of aryl methyl sites for hydroxylation is 1. The second-order valence-corrected chi connectivity index (χ2v) is 5.96. The van der Waals surface area contributed by atoms with E-state index in [0.29, 0.717) is 23.6 Å². The Kier molecular flexibility index (Phi) is 4.01. The quantitative estimate of drug-likeness (QED) is 0.889. The molecule has 1 aromatic rings. The largest absolute Gasteiger partial charge is 0.479 e. The van der Waals surface area contributed by atoms with Crippen LogP contribution < -0.4 is 5.32 Å². The molecule has 1 unspecified atom stereocenters. The molecule has 1 aliphatic rings. The fourth-order valence-electron chi connectivity index (χ4n) is 1.86. The number of thioether (sulfide) groups is 1. The Hall–Kier alpha value is -1.27. The fourth-order valence-corrected chi connectivity index (χ4v) is 3.48. The van der Waals surface area contributed by atoms with Gasteiger partial charge in [-0.15, -0.1) is 0 Å². The normalized spacial score (nSPS) is 22.2. The van der Waals surface area contributed by atoms with E-state index < -0.39 is 17.4 Å². The lowest BCUT2D eigenvalue weighted by Crippen LogP contribution is -2.54. The minimum atomic E-state index is -1.20. The van der Waals surface area contributed by atoms with E-state index in [1.54, 1.807) is 13.0 Å². The van der Waals surface area contributed by atoms with Gasteiger partial charge in [-0.25, -0.2) is 4.79 Å². The molecule has 1 fully saturated rings. The van der Waals surface area contributed by atoms with Crippen LogP contribution in [0.1, 0.15) is 22.5 Å². The molecular formula is C12H13ClN2O3S. The molecule has 0 saturated carbocycles. The summed E-state index contributed by atoms with van der Waals surface area (Å²) in [6.45, 7) is 1.76. The first kappa shape index (κ1) is 14.1. The van der Waals surface area contributed by atoms with Crippen LogP contribution in [0.5, 0.6) is 0 Å². The zero-order valence-electron chi connectivity index (χ0n) is 10.3. The van der Waals surface area contributed by atoms with Crippen molar-refractivity contribution in [1.82, 2.24) is 10.3 Å². The number of nitrogens with one attached hydrogen (secondary N) is 1. The third-order valence-corrected chi connectivity index (χ3v) is 4.52. The van der Waals surface area contributed by atoms with Gasteiger partial charge in [0.05, 0.1) is 10.6 Å². The minimum absolute atomic E-state index is 0.199. The van der Waals surface area contributed by atoms with Gasteiger partial charge in [0.15, 0.2) is 0 Å². The zero-order valence-corrected chi connectivity index (χ0v) is 11.8. The summed E-state index contributed by atoms with van der Waals surface area (Å²) in [6.07, 6.45) is 1.78. The van der Waals surface area contributed by atoms with E-state index in [0.717, 1.165) is 0 Å². The number of aromatic nitrogens is 1. The molecule has 1 saturated heterocycles. The van der Waals surface area contributed by atoms with Crippen LogP contribution in [0.3, 0.4) is 0 Å². The molecule has 0 bridgehead atoms. The summed E-state index contributed by atoms with van der Waals surface area (Å²) in [5.41, 5.74) is -0.300. The van der Waals surface area contributed by atoms with Gasteiger partial charge < -0.3 is 10.4 Å². The van der Waals surface area contributed by atoms with Crippen LogP contribution in [0.15, 0.2) is 12.3 Å². The lowest BCUT2D eigenvalue weighted by atomic mass is 9.98. The van der Waals surface area contributed by atoms with E-state index in [4.69, 9.17) is 11.6 Å². The van der Waals surface area contributed by atoms with Crippen LogP contribution in [0, 0.1) is 6.92 Å². The van der Waals surface area contributed by atoms with Gasteiger partial charge in [-0.05, 0) is 25.2 Å². The van der Waals surface area contributed by atoms with E-state index >= 15 is 0 Å². The summed E-state index contributed by atoms with van der Waals surface area (Å²) in [5, 5.41) is 12.2. The molecule has 0 spiro atoms. The fraction of sp³-hybridized carbons (Fsp3) is 0.417. The molecular weight excluding hydrogens is 288 g/mol. The lowest BCUT2D eigenvalue weighted by Gasteiger charge is -2.24. The predicted octanol–water partition coefficient (Wildman–Crippen LogP) is 1.73. The van der Waals surface area contributed by atoms with E-state index in [9.17, 15) is 14.7 Å². The molecule has 2 heterocycles. The Balaban J connectivity index is 2.22. The van der Waals surface area contributed by atoms with Gasteiger partial charge in [0.2, 0.25) is 0 Å². The highest BCUT2D eigenvalue weighted by molar-refractivity contribution is 7.99. The van der Waals surface area contributed by atoms with E-state index in [1.165, 1.54) is 18.0 Å². The highest BCUT2D eigenvalue weighted by Crippen LogP contribution is 2.29. The number of nitrogens with zero attached hydrogens (tertiary/aromatic N) is 1. The number of pyridine rings is 1. The topological polar surface area (TPSA) is 79.3 Å². The third-order valence-electron chi connectivity index (χ3n) is 3.02. The van der Waals surface area contributed by atoms with E-state index in [2.05, 4.69) is 10.3 Å². The zero-order chi connectivity index (χ0) is 14.0. The van der Waals surface area contributed by atoms with Gasteiger partial charge in [-0.1, -0.05) is 11.6 Å². The molecule has 2 rings (SSSR count). The predicted molar refractivity (Wildman–Crippen MR) is 73.8 cm³/mol. The summed E-state index contributed by atoms with van der Waals surface area (Å²) < 4.78 is 0. The first-order chi connectivity index (χ1) is 8.94. The van der Waals surface area contributed by atoms with Crippen molar-refractivity contribution < 1.29 is 14.7 Å². The first-order valence-corrected chi connectivity index (χ1v) is 7.24. The smallest absolute Gasteiger partial charge is 0.330 e. The average molecular weight is 301 g/mol. The summed E-state index contributed by atoms with van der Waals surface area (Å²) in [7, 11) is 0. The maximum absolute atomic E-state index is 12.1. The molecule has 102 valence electrons. The molecule has 1 atom stereocenters. The third kappa shape index (κ3) is 2.84. The number of carbonyl (C=O) groups is 2. The molecule has 5 nitrogen and oxygen atoms in total. The lowest BCUT2D eigenvalue weighted by molar-refractivity contribution is -0.143. The van der Waals surface area contributed by atoms with Crippen molar-refractivity contribution >= 4 is 35.2 Å². The molecule has 1 amide bonds. The van der Waals surface area contributed by atoms with Crippen LogP contribution in [-0.4, -0.2) is 39.0 Å². The van der Waals surface area contributed by atoms with Crippen molar-refractivity contribution in [3.63, 3.8) is 0 Å². The molecule has 1 aromatic heterocycles. The number of hydrogen-bond donors (Lipinski definition) is 2. The van der Waals surface area contributed by atoms with Crippen molar-refractivity contribution in [3.8, 4) is 0 Å². The van der Waals surface area contributed by atoms with Gasteiger partial charge in [-0.3, -0.25) is 9.78 Å². The Bertz CT molecular complexity index is 530. The number of carboxylic acids is 1. The number of amides is 1. The molecule has 19 heavy (non-hydrogen) atoms. The number of carboxylic acid groups (broad SMARTS) is 1. The highest BCUT2D eigenvalue weighted by Gasteiger charge is 2.43. The summed E-state index contributed by atoms with van der Waals surface area (Å²) >= 11 is 7.49. The number of hydrogen-bond acceptors (Lipinski definition) is 4. The van der Waals surface area contributed by atoms with Crippen molar-refractivity contribution in [2.24, 2.45) is 0 Å². The Morgan fingerprint density at radius 3 is 2.84 bits per heavy atom. The second kappa shape index (κ2) is 5.38. The standard InChI is InChI=1S/C12H13ClN2O3S/c1-7-4-9(13)8(5-14-7)10(16)15-12(11(17)18)2-3-19-6-12/h4-5H,2-3,6H2,1H3,(H,15,16)(H,17,18). The van der Waals surface area contributed by atoms with Crippen LogP contribution in [0.2, 0.25) is 5.02 Å². The van der Waals surface area contributed by atoms with Crippen LogP contribution >= 0.6 is 23.4 Å². The van der Waals surface area contributed by atoms with Crippen LogP contribution in [0.25, 0.3) is 0 Å². The molecule has 1 aliphatic heterocycles. The summed E-state index contributed by atoms with van der Waals surface area (Å²) in [5.74, 6) is -0.429. The highest BCUT2D eigenvalue weighted by atomic mass is 35.5. The number of carbonyl (C=O) groups excluding carboxylic acids is 1. The van der Waals surface area contributed by atoms with E-state index in [-0.39, 0.29) is 10.6 Å². The Labute approximate surface area is 119 Å². The Morgan fingerprint density at radius 1 is 1.58 bits per heavy atom. The molecule has 2 N–H and O–H groups in total. The monoisotopic (exact) mass is 300 g/mol. The number of aliphatic carboxylic acids is 1. The van der Waals surface area contributed by atoms with Gasteiger partial charge >= 0.3 is 5.97 Å². The number of halogens is 1. The van der Waals surface area contributed by atoms with E-state index in [1.807, 2.05) is 0 Å². The SMILES string of the molecule is Cc1cc(Cl)c(C(=O)NC2(C(=O)O)CCSC2)cn1. The van der Waals surface area contributed by atoms with Gasteiger partial charge in [0.1, 0.15) is 5.54 Å². The van der Waals surface area contributed by atoms with Crippen molar-refractivity contribution in [1.29, 1.82) is 0 Å². The van der Waals surface area contributed by atoms with Crippen molar-refractivity contribution in [2.75, 3.05) is 11.5 Å². The summed E-state index contributed by atoms with van der Waals surface area (Å²) in [6, 6.07) is 1.58. The first-order valence-electron chi connectivity index (χ1n) is 5.70. The van der Waals surface area contributed by atoms with Gasteiger partial charge in [0.25, 0.3) is 5.91 Å². The maximum Gasteiger partial charge on any atom is 0.330 e. The molecule has 0 aliphatic carbocycles. The van der Waals surface area contributed by atoms with Gasteiger partial charge in [0, 0.05) is 17.6 Å². The maximum atomic E-state index is 12.1. The minimum Gasteiger partial charge on any atom is -0.479 e. The van der Waals surface area contributed by atoms with Crippen LogP contribution in [-0.2, 0) is 4.79 Å². The molecule has 0 radical (unpaired) electrons. The number of rotatable bonds is 3. The van der Waals surface area contributed by atoms with Crippen molar-refractivity contribution in [3.05, 3.63) is 28.5 Å². The second-order valence-electron chi connectivity index (χ2n) is 4.45. The molecule has 0 aromatic carbocycles.